The molecule has 0 aliphatic heterocycles. The molecule has 0 aliphatic carbocycles. The van der Waals surface area contributed by atoms with Gasteiger partial charge in [-0.25, -0.2) is 0 Å². The number of unbranched alkanes of at least 4 members (excludes halogenated alkanes) is 4. The van der Waals surface area contributed by atoms with E-state index in [4.69, 9.17) is 0 Å². The van der Waals surface area contributed by atoms with E-state index in [0.29, 0.717) is 0 Å². The first-order chi connectivity index (χ1) is 20.7. The minimum Gasteiger partial charge on any atom is -0.178 e. The lowest BCUT2D eigenvalue weighted by molar-refractivity contribution is 0.762. The van der Waals surface area contributed by atoms with Gasteiger partial charge in [0.15, 0.2) is 0 Å². The van der Waals surface area contributed by atoms with Crippen LogP contribution < -0.4 is 21.2 Å². The third-order valence-electron chi connectivity index (χ3n) is 9.25. The minimum atomic E-state index is -1.91. The summed E-state index contributed by atoms with van der Waals surface area (Å²) in [5, 5.41) is 5.55. The first kappa shape index (κ1) is 33.9. The smallest absolute Gasteiger partial charge is 0.144 e. The summed E-state index contributed by atoms with van der Waals surface area (Å²) in [4.78, 5) is 0. The summed E-state index contributed by atoms with van der Waals surface area (Å²) in [5.74, 6) is 0. The van der Waals surface area contributed by atoms with E-state index in [1.165, 1.54) is 72.6 Å². The highest BCUT2D eigenvalue weighted by atomic mass is 31.2. The zero-order valence-electron chi connectivity index (χ0n) is 27.1. The molecule has 0 unspecified atom stereocenters. The van der Waals surface area contributed by atoms with Crippen LogP contribution in [0.2, 0.25) is 25.3 Å². The van der Waals surface area contributed by atoms with Gasteiger partial charge in [0, 0.05) is 6.15 Å². The Labute approximate surface area is 259 Å². The van der Waals surface area contributed by atoms with E-state index in [9.17, 15) is 0 Å². The van der Waals surface area contributed by atoms with E-state index in [1.807, 2.05) is 0 Å². The molecule has 0 bridgehead atoms. The van der Waals surface area contributed by atoms with Crippen LogP contribution in [-0.4, -0.2) is 6.15 Å². The Morgan fingerprint density at radius 2 is 0.571 bits per heavy atom. The molecule has 0 aromatic heterocycles. The third kappa shape index (κ3) is 9.19. The molecule has 2 heteroatoms. The van der Waals surface area contributed by atoms with Gasteiger partial charge in [0.05, 0.1) is 0 Å². The molecule has 0 nitrogen and oxygen atoms in total. The predicted molar refractivity (Wildman–Crippen MR) is 196 cm³/mol. The van der Waals surface area contributed by atoms with Crippen LogP contribution >= 0.6 is 7.26 Å². The van der Waals surface area contributed by atoms with Crippen LogP contribution in [0.4, 0.5) is 0 Å². The Morgan fingerprint density at radius 1 is 0.357 bits per heavy atom. The van der Waals surface area contributed by atoms with Crippen LogP contribution in [0, 0.1) is 0 Å². The van der Waals surface area contributed by atoms with Gasteiger partial charge >= 0.3 is 0 Å². The summed E-state index contributed by atoms with van der Waals surface area (Å²) in [6, 6.07) is 43.8. The fourth-order valence-electron chi connectivity index (χ4n) is 6.92. The second-order valence-corrected chi connectivity index (χ2v) is 15.7. The molecule has 4 rings (SSSR count). The highest BCUT2D eigenvalue weighted by molar-refractivity contribution is 8.01. The zero-order chi connectivity index (χ0) is 29.9. The van der Waals surface area contributed by atoms with Crippen molar-refractivity contribution in [2.75, 3.05) is 0 Å². The summed E-state index contributed by atoms with van der Waals surface area (Å²) in [7, 11) is -1.91. The number of benzene rings is 4. The molecule has 42 heavy (non-hydrogen) atoms. The minimum absolute atomic E-state index is 0.00722. The maximum Gasteiger partial charge on any atom is 0.144 e. The van der Waals surface area contributed by atoms with Crippen LogP contribution in [0.15, 0.2) is 121 Å². The molecule has 0 saturated carbocycles. The molecule has 0 heterocycles. The van der Waals surface area contributed by atoms with Crippen molar-refractivity contribution in [1.82, 2.24) is 0 Å². The van der Waals surface area contributed by atoms with Gasteiger partial charge in [0.25, 0.3) is 0 Å². The molecule has 0 spiro atoms. The summed E-state index contributed by atoms with van der Waals surface area (Å²) in [6.45, 7) is 9.39. The molecule has 0 N–H and O–H groups in total. The van der Waals surface area contributed by atoms with Gasteiger partial charge in [-0.1, -0.05) is 152 Å². The first-order valence-corrected chi connectivity index (χ1v) is 18.8. The standard InChI is InChI=1S/C24H20P.C16H36B/c1-5-13-21(14-6-1)25(22-15-7-2-8-16-22,23-17-9-3-10-18-23)24-19-11-4-12-20-24;1-5-9-13-17(14-10-6-2,15-11-7-3)16-12-8-4/h1-20H;5-16H2,1-4H3/q+1;-1. The quantitative estimate of drug-likeness (QED) is 0.0916. The van der Waals surface area contributed by atoms with Crippen LogP contribution in [0.25, 0.3) is 0 Å². The predicted octanol–water partition coefficient (Wildman–Crippen LogP) is 10.9. The van der Waals surface area contributed by atoms with Crippen molar-refractivity contribution in [3.8, 4) is 0 Å². The third-order valence-corrected chi connectivity index (χ3v) is 13.5. The lowest BCUT2D eigenvalue weighted by atomic mass is 9.17. The van der Waals surface area contributed by atoms with Crippen molar-refractivity contribution in [3.63, 3.8) is 0 Å². The molecule has 4 aromatic carbocycles. The van der Waals surface area contributed by atoms with E-state index in [-0.39, 0.29) is 6.15 Å². The highest BCUT2D eigenvalue weighted by Gasteiger charge is 2.47. The molecule has 0 radical (unpaired) electrons. The monoisotopic (exact) mass is 578 g/mol. The Bertz CT molecular complexity index is 1010. The average molecular weight is 579 g/mol. The fourth-order valence-corrected chi connectivity index (χ4v) is 11.2. The summed E-state index contributed by atoms with van der Waals surface area (Å²) in [6.07, 6.45) is 17.6. The summed E-state index contributed by atoms with van der Waals surface area (Å²) in [5.41, 5.74) is 0. The van der Waals surface area contributed by atoms with Gasteiger partial charge in [0.2, 0.25) is 0 Å². The van der Waals surface area contributed by atoms with Crippen molar-refractivity contribution in [1.29, 1.82) is 0 Å². The van der Waals surface area contributed by atoms with Crippen LogP contribution in [0.1, 0.15) is 79.1 Å². The number of hydrogen-bond donors (Lipinski definition) is 0. The molecule has 0 saturated heterocycles. The maximum atomic E-state index is 2.35. The number of hydrogen-bond acceptors (Lipinski definition) is 0. The molecule has 0 amide bonds. The normalized spacial score (nSPS) is 11.5. The van der Waals surface area contributed by atoms with Crippen LogP contribution in [0.3, 0.4) is 0 Å². The van der Waals surface area contributed by atoms with Crippen molar-refractivity contribution in [2.45, 2.75) is 104 Å². The van der Waals surface area contributed by atoms with Crippen LogP contribution in [-0.2, 0) is 0 Å². The van der Waals surface area contributed by atoms with Crippen molar-refractivity contribution in [3.05, 3.63) is 121 Å². The topological polar surface area (TPSA) is 0 Å². The Hall–Kier alpha value is -2.63. The lowest BCUT2D eigenvalue weighted by Gasteiger charge is -2.40. The van der Waals surface area contributed by atoms with E-state index in [1.54, 1.807) is 25.3 Å². The van der Waals surface area contributed by atoms with E-state index >= 15 is 0 Å². The maximum absolute atomic E-state index is 2.35. The van der Waals surface area contributed by atoms with Gasteiger partial charge in [0.1, 0.15) is 28.5 Å². The Kier molecular flexibility index (Phi) is 15.2. The second kappa shape index (κ2) is 18.8. The lowest BCUT2D eigenvalue weighted by Crippen LogP contribution is -2.38. The molecule has 4 aromatic rings. The van der Waals surface area contributed by atoms with Gasteiger partial charge in [-0.05, 0) is 48.5 Å². The van der Waals surface area contributed by atoms with Gasteiger partial charge < -0.3 is 0 Å². The van der Waals surface area contributed by atoms with E-state index in [0.717, 1.165) is 0 Å². The summed E-state index contributed by atoms with van der Waals surface area (Å²) < 4.78 is 0. The SMILES string of the molecule is CCCC[B-](CCCC)(CCCC)CCCC.c1ccc([P+](c2ccccc2)(c2ccccc2)c2ccccc2)cc1. The highest BCUT2D eigenvalue weighted by Crippen LogP contribution is 2.54. The van der Waals surface area contributed by atoms with Crippen molar-refractivity contribution in [2.24, 2.45) is 0 Å². The van der Waals surface area contributed by atoms with Crippen molar-refractivity contribution >= 4 is 34.6 Å². The van der Waals surface area contributed by atoms with Gasteiger partial charge in [-0.3, -0.25) is 0 Å². The molecular formula is C40H56BP. The molecule has 0 atom stereocenters. The van der Waals surface area contributed by atoms with Gasteiger partial charge in [-0.2, -0.15) is 25.3 Å². The first-order valence-electron chi connectivity index (χ1n) is 17.0. The largest absolute Gasteiger partial charge is 0.178 e. The molecule has 0 aliphatic rings. The summed E-state index contributed by atoms with van der Waals surface area (Å²) >= 11 is 0. The molecule has 0 fully saturated rings. The zero-order valence-corrected chi connectivity index (χ0v) is 28.0. The van der Waals surface area contributed by atoms with Gasteiger partial charge in [-0.15, -0.1) is 0 Å². The molecule has 224 valence electrons. The van der Waals surface area contributed by atoms with Crippen molar-refractivity contribution < 1.29 is 0 Å². The Balaban J connectivity index is 0.000000252. The second-order valence-electron chi connectivity index (χ2n) is 12.3. The average Bonchev–Trinajstić information content (AvgIpc) is 3.07. The van der Waals surface area contributed by atoms with E-state index in [2.05, 4.69) is 149 Å². The van der Waals surface area contributed by atoms with E-state index < -0.39 is 7.26 Å². The van der Waals surface area contributed by atoms with Crippen LogP contribution in [0.5, 0.6) is 0 Å². The number of rotatable bonds is 16. The molecular weight excluding hydrogens is 522 g/mol. The fraction of sp³-hybridized carbons (Fsp3) is 0.400. The Morgan fingerprint density at radius 3 is 0.762 bits per heavy atom.